The Morgan fingerprint density at radius 3 is 0.723 bits per heavy atom. The lowest BCUT2D eigenvalue weighted by atomic mass is 10.0. The summed E-state index contributed by atoms with van der Waals surface area (Å²) in [5, 5.41) is 10.6. The number of carbonyl (C=O) groups excluding carboxylic acids is 4. The zero-order valence-corrected chi connectivity index (χ0v) is 62.9. The molecule has 0 bridgehead atoms. The number of ether oxygens (including phenoxy) is 4. The highest BCUT2D eigenvalue weighted by Crippen LogP contribution is 2.45. The van der Waals surface area contributed by atoms with Crippen molar-refractivity contribution in [1.29, 1.82) is 0 Å². The average Bonchev–Trinajstić information content (AvgIpc) is 1.11. The number of unbranched alkanes of at least 4 members (excludes halogenated alkanes) is 47. The van der Waals surface area contributed by atoms with Gasteiger partial charge in [-0.15, -0.1) is 0 Å². The van der Waals surface area contributed by atoms with E-state index < -0.39 is 97.5 Å². The van der Waals surface area contributed by atoms with Crippen molar-refractivity contribution in [3.8, 4) is 0 Å². The van der Waals surface area contributed by atoms with Gasteiger partial charge in [0, 0.05) is 25.7 Å². The van der Waals surface area contributed by atoms with E-state index >= 15 is 0 Å². The maximum absolute atomic E-state index is 13.1. The lowest BCUT2D eigenvalue weighted by Crippen LogP contribution is -2.30. The molecule has 0 heterocycles. The van der Waals surface area contributed by atoms with E-state index in [0.29, 0.717) is 25.7 Å². The molecule has 2 unspecified atom stereocenters. The van der Waals surface area contributed by atoms with Crippen molar-refractivity contribution < 1.29 is 80.2 Å². The minimum absolute atomic E-state index is 0.107. The van der Waals surface area contributed by atoms with Gasteiger partial charge in [0.2, 0.25) is 0 Å². The normalized spacial score (nSPS) is 14.0. The first-order chi connectivity index (χ1) is 45.5. The first-order valence-electron chi connectivity index (χ1n) is 39.1. The molecule has 19 heteroatoms. The van der Waals surface area contributed by atoms with E-state index in [1.165, 1.54) is 212 Å². The summed E-state index contributed by atoms with van der Waals surface area (Å²) in [6.07, 6.45) is 56.9. The standard InChI is InChI=1S/C75H146O17P2/c1-6-9-12-15-18-21-23-25-26-27-28-32-36-39-44-49-54-59-73(78)86-65-71(92-75(80)61-56-51-46-41-37-33-30-29-31-34-38-42-47-52-57-68(4)5)67-90-94(83,84)88-63-69(76)62-87-93(81,82)89-66-70(64-85-72(77)58-53-48-43-20-17-14-11-8-3)91-74(79)60-55-50-45-40-35-24-22-19-16-13-10-7-2/h68-71,76H,6-67H2,1-5H3,(H,81,82)(H,83,84)/t69-,70+,71+/m0/s1. The molecule has 0 aromatic heterocycles. The minimum Gasteiger partial charge on any atom is -0.462 e. The van der Waals surface area contributed by atoms with Gasteiger partial charge in [-0.2, -0.15) is 0 Å². The van der Waals surface area contributed by atoms with E-state index in [4.69, 9.17) is 37.0 Å². The number of phosphoric ester groups is 2. The second-order valence-electron chi connectivity index (χ2n) is 27.5. The van der Waals surface area contributed by atoms with Crippen molar-refractivity contribution in [1.82, 2.24) is 0 Å². The number of aliphatic hydroxyl groups excluding tert-OH is 1. The summed E-state index contributed by atoms with van der Waals surface area (Å²) < 4.78 is 68.4. The lowest BCUT2D eigenvalue weighted by Gasteiger charge is -2.21. The zero-order chi connectivity index (χ0) is 69.1. The van der Waals surface area contributed by atoms with Gasteiger partial charge in [-0.1, -0.05) is 343 Å². The van der Waals surface area contributed by atoms with Gasteiger partial charge in [0.05, 0.1) is 26.4 Å². The van der Waals surface area contributed by atoms with Crippen molar-refractivity contribution in [2.24, 2.45) is 5.92 Å². The van der Waals surface area contributed by atoms with Gasteiger partial charge in [-0.3, -0.25) is 37.3 Å². The summed E-state index contributed by atoms with van der Waals surface area (Å²) >= 11 is 0. The Kier molecular flexibility index (Phi) is 66.8. The van der Waals surface area contributed by atoms with Gasteiger partial charge in [0.25, 0.3) is 0 Å². The number of esters is 4. The molecule has 3 N–H and O–H groups in total. The van der Waals surface area contributed by atoms with Crippen LogP contribution in [0, 0.1) is 5.92 Å². The Bertz CT molecular complexity index is 1810. The molecule has 0 aliphatic carbocycles. The molecule has 5 atom stereocenters. The number of aliphatic hydroxyl groups is 1. The largest absolute Gasteiger partial charge is 0.472 e. The molecular formula is C75H146O17P2. The molecule has 0 saturated heterocycles. The Labute approximate surface area is 575 Å². The molecule has 94 heavy (non-hydrogen) atoms. The highest BCUT2D eigenvalue weighted by molar-refractivity contribution is 7.47. The number of hydrogen-bond acceptors (Lipinski definition) is 15. The van der Waals surface area contributed by atoms with Crippen LogP contribution in [-0.4, -0.2) is 96.7 Å². The maximum Gasteiger partial charge on any atom is 0.472 e. The summed E-state index contributed by atoms with van der Waals surface area (Å²) in [6.45, 7) is 7.29. The Hall–Kier alpha value is -1.94. The SMILES string of the molecule is CCCCCCCCCCCCCCCCCCCC(=O)OC[C@H](COP(=O)(O)OC[C@@H](O)COP(=O)(O)OC[C@@H](COC(=O)CCCCCCCCCC)OC(=O)CCCCCCCCCCCCCC)OC(=O)CCCCCCCCCCCCCCCCC(C)C. The van der Waals surface area contributed by atoms with Crippen LogP contribution in [-0.2, 0) is 65.4 Å². The fourth-order valence-electron chi connectivity index (χ4n) is 11.5. The van der Waals surface area contributed by atoms with Crippen LogP contribution in [0.15, 0.2) is 0 Å². The molecule has 0 fully saturated rings. The van der Waals surface area contributed by atoms with E-state index in [2.05, 4.69) is 34.6 Å². The van der Waals surface area contributed by atoms with Crippen molar-refractivity contribution >= 4 is 39.5 Å². The van der Waals surface area contributed by atoms with Gasteiger partial charge >= 0.3 is 39.5 Å². The van der Waals surface area contributed by atoms with Crippen LogP contribution < -0.4 is 0 Å². The van der Waals surface area contributed by atoms with Crippen LogP contribution in [0.25, 0.3) is 0 Å². The molecular weight excluding hydrogens is 1230 g/mol. The van der Waals surface area contributed by atoms with Crippen molar-refractivity contribution in [2.75, 3.05) is 39.6 Å². The summed E-state index contributed by atoms with van der Waals surface area (Å²) in [7, 11) is -9.90. The van der Waals surface area contributed by atoms with Crippen molar-refractivity contribution in [2.45, 2.75) is 412 Å². The minimum atomic E-state index is -4.96. The third kappa shape index (κ3) is 68.6. The zero-order valence-electron chi connectivity index (χ0n) is 61.1. The molecule has 0 aromatic rings. The number of hydrogen-bond donors (Lipinski definition) is 3. The third-order valence-corrected chi connectivity index (χ3v) is 19.4. The predicted molar refractivity (Wildman–Crippen MR) is 382 cm³/mol. The second-order valence-corrected chi connectivity index (χ2v) is 30.4. The van der Waals surface area contributed by atoms with Crippen LogP contribution in [0.5, 0.6) is 0 Å². The van der Waals surface area contributed by atoms with E-state index in [-0.39, 0.29) is 25.7 Å². The van der Waals surface area contributed by atoms with Gasteiger partial charge in [0.1, 0.15) is 19.3 Å². The van der Waals surface area contributed by atoms with Gasteiger partial charge in [-0.25, -0.2) is 9.13 Å². The van der Waals surface area contributed by atoms with Gasteiger partial charge in [-0.05, 0) is 31.6 Å². The predicted octanol–water partition coefficient (Wildman–Crippen LogP) is 22.1. The highest BCUT2D eigenvalue weighted by Gasteiger charge is 2.30. The van der Waals surface area contributed by atoms with E-state index in [1.54, 1.807) is 0 Å². The lowest BCUT2D eigenvalue weighted by molar-refractivity contribution is -0.161. The summed E-state index contributed by atoms with van der Waals surface area (Å²) in [5.41, 5.74) is 0. The van der Waals surface area contributed by atoms with Gasteiger partial charge in [0.15, 0.2) is 12.2 Å². The molecule has 17 nitrogen and oxygen atoms in total. The second kappa shape index (κ2) is 68.2. The van der Waals surface area contributed by atoms with Crippen LogP contribution in [0.4, 0.5) is 0 Å². The van der Waals surface area contributed by atoms with Crippen LogP contribution in [0.2, 0.25) is 0 Å². The Morgan fingerprint density at radius 2 is 0.489 bits per heavy atom. The molecule has 0 radical (unpaired) electrons. The fourth-order valence-corrected chi connectivity index (χ4v) is 13.1. The smallest absolute Gasteiger partial charge is 0.462 e. The first kappa shape index (κ1) is 92.1. The molecule has 0 aliphatic rings. The Balaban J connectivity index is 5.21. The molecule has 0 saturated carbocycles. The van der Waals surface area contributed by atoms with E-state index in [0.717, 1.165) is 102 Å². The molecule has 0 rings (SSSR count). The van der Waals surface area contributed by atoms with Gasteiger partial charge < -0.3 is 33.8 Å². The van der Waals surface area contributed by atoms with Crippen molar-refractivity contribution in [3.63, 3.8) is 0 Å². The molecule has 0 amide bonds. The molecule has 0 aromatic carbocycles. The highest BCUT2D eigenvalue weighted by atomic mass is 31.2. The van der Waals surface area contributed by atoms with E-state index in [1.807, 2.05) is 0 Å². The summed E-state index contributed by atoms with van der Waals surface area (Å²) in [5.74, 6) is -1.32. The number of rotatable bonds is 75. The first-order valence-corrected chi connectivity index (χ1v) is 42.1. The van der Waals surface area contributed by atoms with Crippen LogP contribution >= 0.6 is 15.6 Å². The van der Waals surface area contributed by atoms with Crippen LogP contribution in [0.1, 0.15) is 394 Å². The van der Waals surface area contributed by atoms with Crippen molar-refractivity contribution in [3.05, 3.63) is 0 Å². The topological polar surface area (TPSA) is 237 Å². The summed E-state index contributed by atoms with van der Waals surface area (Å²) in [4.78, 5) is 72.7. The fraction of sp³-hybridized carbons (Fsp3) is 0.947. The molecule has 0 aliphatic heterocycles. The number of phosphoric acid groups is 2. The third-order valence-electron chi connectivity index (χ3n) is 17.5. The van der Waals surface area contributed by atoms with E-state index in [9.17, 15) is 43.2 Å². The number of carbonyl (C=O) groups is 4. The molecule has 558 valence electrons. The Morgan fingerprint density at radius 1 is 0.287 bits per heavy atom. The quantitative estimate of drug-likeness (QED) is 0.0222. The monoisotopic (exact) mass is 1380 g/mol. The molecule has 0 spiro atoms. The average molecular weight is 1380 g/mol. The maximum atomic E-state index is 13.1. The van der Waals surface area contributed by atoms with Crippen LogP contribution in [0.3, 0.4) is 0 Å². The summed E-state index contributed by atoms with van der Waals surface area (Å²) in [6, 6.07) is 0.